The van der Waals surface area contributed by atoms with E-state index in [9.17, 15) is 14.7 Å². The fourth-order valence-corrected chi connectivity index (χ4v) is 2.03. The SMILES string of the molecule is Cc1ccc(NC(=O)C(=O)N2CCC(O)CC2)cc1. The van der Waals surface area contributed by atoms with Crippen molar-refractivity contribution in [1.29, 1.82) is 0 Å². The van der Waals surface area contributed by atoms with Crippen molar-refractivity contribution in [2.75, 3.05) is 18.4 Å². The summed E-state index contributed by atoms with van der Waals surface area (Å²) in [7, 11) is 0. The summed E-state index contributed by atoms with van der Waals surface area (Å²) in [5, 5.41) is 12.0. The lowest BCUT2D eigenvalue weighted by Crippen LogP contribution is -2.45. The van der Waals surface area contributed by atoms with Crippen LogP contribution in [0.1, 0.15) is 18.4 Å². The van der Waals surface area contributed by atoms with Gasteiger partial charge in [-0.3, -0.25) is 9.59 Å². The van der Waals surface area contributed by atoms with Gasteiger partial charge >= 0.3 is 11.8 Å². The van der Waals surface area contributed by atoms with Crippen LogP contribution in [0.3, 0.4) is 0 Å². The van der Waals surface area contributed by atoms with Gasteiger partial charge in [-0.05, 0) is 31.9 Å². The predicted molar refractivity (Wildman–Crippen MR) is 71.6 cm³/mol. The van der Waals surface area contributed by atoms with E-state index in [0.717, 1.165) is 5.56 Å². The molecule has 19 heavy (non-hydrogen) atoms. The summed E-state index contributed by atoms with van der Waals surface area (Å²) in [5.74, 6) is -1.16. The third-order valence-corrected chi connectivity index (χ3v) is 3.26. The average molecular weight is 262 g/mol. The van der Waals surface area contributed by atoms with Gasteiger partial charge in [0.05, 0.1) is 6.10 Å². The first kappa shape index (κ1) is 13.5. The molecule has 1 aliphatic heterocycles. The summed E-state index contributed by atoms with van der Waals surface area (Å²) >= 11 is 0. The first-order chi connectivity index (χ1) is 9.06. The summed E-state index contributed by atoms with van der Waals surface area (Å²) < 4.78 is 0. The Kier molecular flexibility index (Phi) is 4.16. The molecule has 0 unspecified atom stereocenters. The van der Waals surface area contributed by atoms with Crippen LogP contribution in [0.5, 0.6) is 0 Å². The summed E-state index contributed by atoms with van der Waals surface area (Å²) in [6.07, 6.45) is 0.705. The quantitative estimate of drug-likeness (QED) is 0.739. The maximum Gasteiger partial charge on any atom is 0.313 e. The zero-order valence-corrected chi connectivity index (χ0v) is 10.9. The second-order valence-corrected chi connectivity index (χ2v) is 4.84. The number of hydrogen-bond acceptors (Lipinski definition) is 3. The number of piperidine rings is 1. The van der Waals surface area contributed by atoms with Crippen LogP contribution in [0.4, 0.5) is 5.69 Å². The minimum atomic E-state index is -0.625. The highest BCUT2D eigenvalue weighted by Crippen LogP contribution is 2.12. The molecule has 2 amide bonds. The van der Waals surface area contributed by atoms with E-state index in [1.807, 2.05) is 19.1 Å². The molecule has 1 aliphatic rings. The molecule has 0 aliphatic carbocycles. The van der Waals surface area contributed by atoms with Gasteiger partial charge in [0.25, 0.3) is 0 Å². The van der Waals surface area contributed by atoms with E-state index in [-0.39, 0.29) is 6.10 Å². The van der Waals surface area contributed by atoms with Gasteiger partial charge in [-0.25, -0.2) is 0 Å². The van der Waals surface area contributed by atoms with Gasteiger partial charge < -0.3 is 15.3 Å². The van der Waals surface area contributed by atoms with E-state index >= 15 is 0 Å². The Labute approximate surface area is 112 Å². The van der Waals surface area contributed by atoms with Gasteiger partial charge in [-0.2, -0.15) is 0 Å². The van der Waals surface area contributed by atoms with Crippen molar-refractivity contribution in [3.05, 3.63) is 29.8 Å². The van der Waals surface area contributed by atoms with Gasteiger partial charge in [-0.15, -0.1) is 0 Å². The van der Waals surface area contributed by atoms with Gasteiger partial charge in [0.1, 0.15) is 0 Å². The molecule has 0 saturated carbocycles. The molecule has 5 nitrogen and oxygen atoms in total. The fraction of sp³-hybridized carbons (Fsp3) is 0.429. The van der Waals surface area contributed by atoms with Gasteiger partial charge in [0, 0.05) is 18.8 Å². The molecule has 0 bridgehead atoms. The smallest absolute Gasteiger partial charge is 0.313 e. The second-order valence-electron chi connectivity index (χ2n) is 4.84. The van der Waals surface area contributed by atoms with Gasteiger partial charge in [-0.1, -0.05) is 17.7 Å². The number of rotatable bonds is 1. The van der Waals surface area contributed by atoms with Crippen molar-refractivity contribution >= 4 is 17.5 Å². The fourth-order valence-electron chi connectivity index (χ4n) is 2.03. The zero-order chi connectivity index (χ0) is 13.8. The lowest BCUT2D eigenvalue weighted by atomic mass is 10.1. The van der Waals surface area contributed by atoms with Crippen molar-refractivity contribution in [2.45, 2.75) is 25.9 Å². The number of aryl methyl sites for hydroxylation is 1. The van der Waals surface area contributed by atoms with E-state index in [1.165, 1.54) is 4.90 Å². The first-order valence-electron chi connectivity index (χ1n) is 6.41. The van der Waals surface area contributed by atoms with Crippen LogP contribution in [-0.4, -0.2) is 41.0 Å². The van der Waals surface area contributed by atoms with Crippen LogP contribution in [0.25, 0.3) is 0 Å². The first-order valence-corrected chi connectivity index (χ1v) is 6.41. The summed E-state index contributed by atoms with van der Waals surface area (Å²) in [6.45, 7) is 2.82. The van der Waals surface area contributed by atoms with Crippen LogP contribution >= 0.6 is 0 Å². The normalized spacial score (nSPS) is 16.2. The molecular formula is C14H18N2O3. The zero-order valence-electron chi connectivity index (χ0n) is 10.9. The number of likely N-dealkylation sites (tertiary alicyclic amines) is 1. The molecular weight excluding hydrogens is 244 g/mol. The summed E-state index contributed by atoms with van der Waals surface area (Å²) in [4.78, 5) is 25.2. The summed E-state index contributed by atoms with van der Waals surface area (Å²) in [6, 6.07) is 7.27. The maximum absolute atomic E-state index is 11.9. The van der Waals surface area contributed by atoms with Crippen LogP contribution in [-0.2, 0) is 9.59 Å². The molecule has 2 rings (SSSR count). The number of carbonyl (C=O) groups excluding carboxylic acids is 2. The van der Waals surface area contributed by atoms with Crippen molar-refractivity contribution in [3.8, 4) is 0 Å². The highest BCUT2D eigenvalue weighted by Gasteiger charge is 2.26. The number of amides is 2. The summed E-state index contributed by atoms with van der Waals surface area (Å²) in [5.41, 5.74) is 1.70. The van der Waals surface area contributed by atoms with Crippen LogP contribution in [0, 0.1) is 6.92 Å². The monoisotopic (exact) mass is 262 g/mol. The molecule has 0 radical (unpaired) electrons. The van der Waals surface area contributed by atoms with E-state index in [1.54, 1.807) is 12.1 Å². The van der Waals surface area contributed by atoms with E-state index in [2.05, 4.69) is 5.32 Å². The van der Waals surface area contributed by atoms with Crippen molar-refractivity contribution in [2.24, 2.45) is 0 Å². The molecule has 1 aromatic carbocycles. The second kappa shape index (κ2) is 5.84. The standard InChI is InChI=1S/C14H18N2O3/c1-10-2-4-11(5-3-10)15-13(18)14(19)16-8-6-12(17)7-9-16/h2-5,12,17H,6-9H2,1H3,(H,15,18). The molecule has 1 aromatic rings. The van der Waals surface area contributed by atoms with E-state index in [4.69, 9.17) is 0 Å². The highest BCUT2D eigenvalue weighted by molar-refractivity contribution is 6.39. The number of aliphatic hydroxyl groups is 1. The Balaban J connectivity index is 1.92. The number of aliphatic hydroxyl groups excluding tert-OH is 1. The largest absolute Gasteiger partial charge is 0.393 e. The highest BCUT2D eigenvalue weighted by atomic mass is 16.3. The average Bonchev–Trinajstić information content (AvgIpc) is 2.41. The Bertz CT molecular complexity index is 462. The number of nitrogens with one attached hydrogen (secondary N) is 1. The Morgan fingerprint density at radius 3 is 2.37 bits per heavy atom. The van der Waals surface area contributed by atoms with Crippen LogP contribution in [0.2, 0.25) is 0 Å². The lowest BCUT2D eigenvalue weighted by Gasteiger charge is -2.28. The molecule has 1 heterocycles. The number of anilines is 1. The van der Waals surface area contributed by atoms with Gasteiger partial charge in [0.15, 0.2) is 0 Å². The lowest BCUT2D eigenvalue weighted by molar-refractivity contribution is -0.144. The molecule has 5 heteroatoms. The topological polar surface area (TPSA) is 69.6 Å². The van der Waals surface area contributed by atoms with Gasteiger partial charge in [0.2, 0.25) is 0 Å². The third-order valence-electron chi connectivity index (χ3n) is 3.26. The van der Waals surface area contributed by atoms with E-state index < -0.39 is 11.8 Å². The molecule has 2 N–H and O–H groups in total. The minimum Gasteiger partial charge on any atom is -0.393 e. The third kappa shape index (κ3) is 3.54. The number of nitrogens with zero attached hydrogens (tertiary/aromatic N) is 1. The van der Waals surface area contributed by atoms with Crippen LogP contribution in [0.15, 0.2) is 24.3 Å². The minimum absolute atomic E-state index is 0.357. The maximum atomic E-state index is 11.9. The molecule has 0 spiro atoms. The van der Waals surface area contributed by atoms with E-state index in [0.29, 0.717) is 31.6 Å². The Morgan fingerprint density at radius 1 is 1.21 bits per heavy atom. The Morgan fingerprint density at radius 2 is 1.79 bits per heavy atom. The molecule has 0 aromatic heterocycles. The van der Waals surface area contributed by atoms with Crippen molar-refractivity contribution in [1.82, 2.24) is 4.90 Å². The van der Waals surface area contributed by atoms with Crippen molar-refractivity contribution < 1.29 is 14.7 Å². The Hall–Kier alpha value is -1.88. The van der Waals surface area contributed by atoms with Crippen LogP contribution < -0.4 is 5.32 Å². The molecule has 1 fully saturated rings. The molecule has 102 valence electrons. The number of benzene rings is 1. The molecule has 0 atom stereocenters. The number of carbonyl (C=O) groups is 2. The van der Waals surface area contributed by atoms with Crippen molar-refractivity contribution in [3.63, 3.8) is 0 Å². The predicted octanol–water partition coefficient (Wildman–Crippen LogP) is 0.917. The molecule has 1 saturated heterocycles. The number of hydrogen-bond donors (Lipinski definition) is 2.